The van der Waals surface area contributed by atoms with E-state index in [1.54, 1.807) is 0 Å². The van der Waals surface area contributed by atoms with E-state index in [-0.39, 0.29) is 0 Å². The van der Waals surface area contributed by atoms with Gasteiger partial charge < -0.3 is 4.57 Å². The van der Waals surface area contributed by atoms with E-state index in [1.807, 2.05) is 83.3 Å². The largest absolute Gasteiger partial charge is 0.309 e. The summed E-state index contributed by atoms with van der Waals surface area (Å²) < 4.78 is 7.54. The molecule has 4 aromatic heterocycles. The van der Waals surface area contributed by atoms with Gasteiger partial charge in [0.05, 0.1) is 11.0 Å². The Labute approximate surface area is 300 Å². The molecular formula is C45H26N4S2. The lowest BCUT2D eigenvalue weighted by Crippen LogP contribution is -1.99. The highest BCUT2D eigenvalue weighted by molar-refractivity contribution is 7.26. The Morgan fingerprint density at radius 1 is 0.333 bits per heavy atom. The van der Waals surface area contributed by atoms with Crippen LogP contribution >= 0.6 is 22.7 Å². The third-order valence-electron chi connectivity index (χ3n) is 9.84. The molecule has 11 rings (SSSR count). The number of aromatic nitrogens is 4. The Morgan fingerprint density at radius 2 is 0.882 bits per heavy atom. The van der Waals surface area contributed by atoms with Gasteiger partial charge in [-0.15, -0.1) is 22.7 Å². The molecule has 0 bridgehead atoms. The zero-order valence-corrected chi connectivity index (χ0v) is 28.7. The van der Waals surface area contributed by atoms with Gasteiger partial charge in [-0.1, -0.05) is 115 Å². The molecular weight excluding hydrogens is 661 g/mol. The number of para-hydroxylation sites is 1. The van der Waals surface area contributed by atoms with Gasteiger partial charge in [0.2, 0.25) is 0 Å². The van der Waals surface area contributed by atoms with Gasteiger partial charge in [-0.3, -0.25) is 0 Å². The zero-order valence-electron chi connectivity index (χ0n) is 27.1. The lowest BCUT2D eigenvalue weighted by atomic mass is 10.1. The summed E-state index contributed by atoms with van der Waals surface area (Å²) in [6.07, 6.45) is 0. The van der Waals surface area contributed by atoms with Crippen LogP contribution in [0.15, 0.2) is 158 Å². The molecule has 0 aliphatic rings. The van der Waals surface area contributed by atoms with E-state index in [9.17, 15) is 0 Å². The van der Waals surface area contributed by atoms with Crippen molar-refractivity contribution in [2.75, 3.05) is 0 Å². The van der Waals surface area contributed by atoms with Crippen molar-refractivity contribution < 1.29 is 0 Å². The van der Waals surface area contributed by atoms with Crippen LogP contribution < -0.4 is 0 Å². The third kappa shape index (κ3) is 4.54. The molecule has 4 nitrogen and oxygen atoms in total. The van der Waals surface area contributed by atoms with Crippen molar-refractivity contribution in [3.8, 4) is 39.9 Å². The molecule has 238 valence electrons. The fraction of sp³-hybridized carbons (Fsp3) is 0. The average Bonchev–Trinajstić information content (AvgIpc) is 3.85. The van der Waals surface area contributed by atoms with E-state index in [1.165, 1.54) is 62.2 Å². The molecule has 6 heteroatoms. The quantitative estimate of drug-likeness (QED) is 0.185. The van der Waals surface area contributed by atoms with Gasteiger partial charge in [-0.05, 0) is 42.5 Å². The molecule has 11 aromatic rings. The number of hydrogen-bond donors (Lipinski definition) is 0. The SMILES string of the molecule is c1ccc(-c2nc(-c3ccccc3)nc(-c3ccc4c(c3)sc3cc(-n5c6ccccc6c6cc7sc8ccccc8c7cc65)ccc34)n2)cc1. The van der Waals surface area contributed by atoms with Gasteiger partial charge in [-0.25, -0.2) is 15.0 Å². The van der Waals surface area contributed by atoms with Gasteiger partial charge in [-0.2, -0.15) is 0 Å². The first kappa shape index (κ1) is 28.6. The lowest BCUT2D eigenvalue weighted by Gasteiger charge is -2.09. The van der Waals surface area contributed by atoms with E-state index < -0.39 is 0 Å². The van der Waals surface area contributed by atoms with E-state index in [4.69, 9.17) is 15.0 Å². The van der Waals surface area contributed by atoms with Crippen LogP contribution in [0.3, 0.4) is 0 Å². The Morgan fingerprint density at radius 3 is 1.63 bits per heavy atom. The van der Waals surface area contributed by atoms with Gasteiger partial charge in [0.25, 0.3) is 0 Å². The van der Waals surface area contributed by atoms with Crippen LogP contribution in [0.1, 0.15) is 0 Å². The van der Waals surface area contributed by atoms with Crippen LogP contribution in [0.2, 0.25) is 0 Å². The number of hydrogen-bond acceptors (Lipinski definition) is 5. The molecule has 0 amide bonds. The average molecular weight is 687 g/mol. The Kier molecular flexibility index (Phi) is 6.26. The first-order chi connectivity index (χ1) is 25.2. The van der Waals surface area contributed by atoms with Gasteiger partial charge in [0.15, 0.2) is 17.5 Å². The molecule has 0 aliphatic carbocycles. The summed E-state index contributed by atoms with van der Waals surface area (Å²) in [5.74, 6) is 2.00. The summed E-state index contributed by atoms with van der Waals surface area (Å²) in [5.41, 5.74) is 6.51. The van der Waals surface area contributed by atoms with Crippen molar-refractivity contribution in [1.82, 2.24) is 19.5 Å². The number of nitrogens with zero attached hydrogens (tertiary/aromatic N) is 4. The second-order valence-electron chi connectivity index (χ2n) is 12.8. The highest BCUT2D eigenvalue weighted by atomic mass is 32.1. The number of benzene rings is 7. The molecule has 0 saturated heterocycles. The first-order valence-corrected chi connectivity index (χ1v) is 18.6. The van der Waals surface area contributed by atoms with Crippen LogP contribution in [0.4, 0.5) is 0 Å². The van der Waals surface area contributed by atoms with Gasteiger partial charge in [0, 0.05) is 73.5 Å². The summed E-state index contributed by atoms with van der Waals surface area (Å²) in [7, 11) is 0. The molecule has 0 unspecified atom stereocenters. The predicted molar refractivity (Wildman–Crippen MR) is 216 cm³/mol. The maximum absolute atomic E-state index is 4.98. The molecule has 0 spiro atoms. The van der Waals surface area contributed by atoms with Crippen LogP contribution in [-0.4, -0.2) is 19.5 Å². The minimum atomic E-state index is 0.666. The minimum Gasteiger partial charge on any atom is -0.309 e. The van der Waals surface area contributed by atoms with Crippen molar-refractivity contribution >= 4 is 84.8 Å². The van der Waals surface area contributed by atoms with Crippen LogP contribution in [0, 0.1) is 0 Å². The number of rotatable bonds is 4. The summed E-state index contributed by atoms with van der Waals surface area (Å²) in [6, 6.07) is 56.1. The Balaban J connectivity index is 1.07. The monoisotopic (exact) mass is 686 g/mol. The van der Waals surface area contributed by atoms with E-state index in [0.29, 0.717) is 17.5 Å². The van der Waals surface area contributed by atoms with E-state index >= 15 is 0 Å². The molecule has 0 radical (unpaired) electrons. The normalized spacial score (nSPS) is 11.9. The van der Waals surface area contributed by atoms with Crippen molar-refractivity contribution in [2.24, 2.45) is 0 Å². The topological polar surface area (TPSA) is 43.6 Å². The molecule has 0 fully saturated rings. The summed E-state index contributed by atoms with van der Waals surface area (Å²) in [6.45, 7) is 0. The maximum atomic E-state index is 4.98. The first-order valence-electron chi connectivity index (χ1n) is 16.9. The van der Waals surface area contributed by atoms with Crippen LogP contribution in [-0.2, 0) is 0 Å². The molecule has 51 heavy (non-hydrogen) atoms. The lowest BCUT2D eigenvalue weighted by molar-refractivity contribution is 1.07. The summed E-state index contributed by atoms with van der Waals surface area (Å²) in [4.78, 5) is 14.8. The minimum absolute atomic E-state index is 0.666. The maximum Gasteiger partial charge on any atom is 0.164 e. The fourth-order valence-corrected chi connectivity index (χ4v) is 9.75. The second kappa shape index (κ2) is 11.2. The van der Waals surface area contributed by atoms with Crippen molar-refractivity contribution in [3.05, 3.63) is 158 Å². The molecule has 0 saturated carbocycles. The van der Waals surface area contributed by atoms with E-state index in [0.717, 1.165) is 22.4 Å². The highest BCUT2D eigenvalue weighted by Gasteiger charge is 2.18. The van der Waals surface area contributed by atoms with Crippen molar-refractivity contribution in [3.63, 3.8) is 0 Å². The van der Waals surface area contributed by atoms with Gasteiger partial charge >= 0.3 is 0 Å². The molecule has 4 heterocycles. The van der Waals surface area contributed by atoms with Crippen LogP contribution in [0.25, 0.3) is 102 Å². The van der Waals surface area contributed by atoms with Crippen molar-refractivity contribution in [2.45, 2.75) is 0 Å². The molecule has 0 aliphatic heterocycles. The predicted octanol–water partition coefficient (Wildman–Crippen LogP) is 12.7. The molecule has 0 N–H and O–H groups in total. The van der Waals surface area contributed by atoms with Crippen molar-refractivity contribution in [1.29, 1.82) is 0 Å². The smallest absolute Gasteiger partial charge is 0.164 e. The molecule has 7 aromatic carbocycles. The number of thiophene rings is 2. The fourth-order valence-electron chi connectivity index (χ4n) is 7.45. The summed E-state index contributed by atoms with van der Waals surface area (Å²) >= 11 is 3.69. The highest BCUT2D eigenvalue weighted by Crippen LogP contribution is 2.42. The van der Waals surface area contributed by atoms with Crippen LogP contribution in [0.5, 0.6) is 0 Å². The third-order valence-corrected chi connectivity index (χ3v) is 12.1. The second-order valence-corrected chi connectivity index (χ2v) is 15.0. The zero-order chi connectivity index (χ0) is 33.5. The number of fused-ring (bicyclic) bond motifs is 9. The van der Waals surface area contributed by atoms with Gasteiger partial charge in [0.1, 0.15) is 0 Å². The Hall–Kier alpha value is -6.21. The van der Waals surface area contributed by atoms with E-state index in [2.05, 4.69) is 102 Å². The molecule has 0 atom stereocenters. The summed E-state index contributed by atoms with van der Waals surface area (Å²) in [5, 5.41) is 7.68. The standard InChI is InChI=1S/C45H26N4S2/c1-3-11-27(12-4-1)43-46-44(28-13-5-2-6-14-28)48-45(47-43)29-19-21-33-34-22-20-30(24-41(34)51-40(33)23-29)49-37-17-9-7-15-31(37)35-26-42-36(25-38(35)49)32-16-8-10-18-39(32)50-42/h1-26H. The Bertz CT molecular complexity index is 3080.